The van der Waals surface area contributed by atoms with Crippen molar-refractivity contribution in [3.63, 3.8) is 0 Å². The molecule has 3 atom stereocenters. The predicted octanol–water partition coefficient (Wildman–Crippen LogP) is 4.33. The fraction of sp³-hybridized carbons (Fsp3) is 0.857. The van der Waals surface area contributed by atoms with Crippen LogP contribution in [0.4, 0.5) is 0 Å². The summed E-state index contributed by atoms with van der Waals surface area (Å²) in [6.45, 7) is 4.80. The second-order valence-corrected chi connectivity index (χ2v) is 7.52. The van der Waals surface area contributed by atoms with E-state index in [0.717, 1.165) is 12.8 Å². The Morgan fingerprint density at radius 3 is 2.26 bits per heavy atom. The molecule has 0 aromatic heterocycles. The van der Waals surface area contributed by atoms with Gasteiger partial charge in [-0.25, -0.2) is 0 Å². The Labute approximate surface area is 163 Å². The molecule has 0 aromatic rings. The van der Waals surface area contributed by atoms with E-state index in [-0.39, 0.29) is 24.6 Å². The monoisotopic (exact) mass is 384 g/mol. The molecule has 1 rings (SSSR count). The molecule has 27 heavy (non-hydrogen) atoms. The molecule has 1 fully saturated rings. The third-order valence-electron chi connectivity index (χ3n) is 4.90. The summed E-state index contributed by atoms with van der Waals surface area (Å²) in [4.78, 5) is 34.3. The first-order chi connectivity index (χ1) is 12.9. The number of cyclic esters (lactones) is 1. The van der Waals surface area contributed by atoms with Crippen LogP contribution >= 0.6 is 0 Å². The van der Waals surface area contributed by atoms with Crippen LogP contribution in [0.2, 0.25) is 0 Å². The molecule has 1 aliphatic rings. The minimum absolute atomic E-state index is 0.0264. The highest BCUT2D eigenvalue weighted by Crippen LogP contribution is 2.29. The molecule has 0 aliphatic carbocycles. The number of esters is 3. The fourth-order valence-electron chi connectivity index (χ4n) is 3.51. The molecule has 0 N–H and O–H groups in total. The van der Waals surface area contributed by atoms with Gasteiger partial charge in [-0.1, -0.05) is 51.9 Å². The summed E-state index contributed by atoms with van der Waals surface area (Å²) < 4.78 is 15.6. The van der Waals surface area contributed by atoms with Crippen LogP contribution in [0.1, 0.15) is 91.4 Å². The van der Waals surface area contributed by atoms with E-state index in [1.54, 1.807) is 0 Å². The maximum atomic E-state index is 12.1. The van der Waals surface area contributed by atoms with Crippen molar-refractivity contribution in [3.8, 4) is 0 Å². The van der Waals surface area contributed by atoms with E-state index in [1.165, 1.54) is 58.8 Å². The van der Waals surface area contributed by atoms with Crippen LogP contribution in [0, 0.1) is 5.92 Å². The Balaban J connectivity index is 2.26. The zero-order valence-electron chi connectivity index (χ0n) is 17.2. The van der Waals surface area contributed by atoms with E-state index in [4.69, 9.17) is 14.2 Å². The maximum Gasteiger partial charge on any atom is 0.309 e. The highest BCUT2D eigenvalue weighted by molar-refractivity contribution is 5.74. The minimum Gasteiger partial charge on any atom is -0.462 e. The summed E-state index contributed by atoms with van der Waals surface area (Å²) in [6, 6.07) is 0. The van der Waals surface area contributed by atoms with Gasteiger partial charge in [0.15, 0.2) is 0 Å². The average Bonchev–Trinajstić information content (AvgIpc) is 2.94. The van der Waals surface area contributed by atoms with Gasteiger partial charge < -0.3 is 14.2 Å². The molecule has 0 unspecified atom stereocenters. The highest BCUT2D eigenvalue weighted by atomic mass is 16.6. The Kier molecular flexibility index (Phi) is 11.8. The van der Waals surface area contributed by atoms with Crippen LogP contribution in [0.25, 0.3) is 0 Å². The van der Waals surface area contributed by atoms with E-state index in [2.05, 4.69) is 6.92 Å². The number of carbonyl (C=O) groups is 3. The van der Waals surface area contributed by atoms with Crippen LogP contribution in [-0.2, 0) is 28.6 Å². The summed E-state index contributed by atoms with van der Waals surface area (Å²) in [5, 5.41) is 0. The Hall–Kier alpha value is -1.59. The molecule has 0 bridgehead atoms. The fourth-order valence-corrected chi connectivity index (χ4v) is 3.51. The molecule has 6 heteroatoms. The number of hydrogen-bond acceptors (Lipinski definition) is 6. The number of unbranched alkanes of at least 4 members (excludes halogenated alkanes) is 7. The van der Waals surface area contributed by atoms with Crippen LogP contribution in [0.5, 0.6) is 0 Å². The second kappa shape index (κ2) is 13.6. The Morgan fingerprint density at radius 2 is 1.67 bits per heavy atom. The maximum absolute atomic E-state index is 12.1. The first kappa shape index (κ1) is 23.4. The number of ether oxygens (including phenoxy) is 3. The van der Waals surface area contributed by atoms with Gasteiger partial charge in [-0.05, 0) is 19.3 Å². The van der Waals surface area contributed by atoms with Crippen LogP contribution in [0.15, 0.2) is 0 Å². The Morgan fingerprint density at radius 1 is 1.04 bits per heavy atom. The smallest absolute Gasteiger partial charge is 0.309 e. The molecule has 6 nitrogen and oxygen atoms in total. The summed E-state index contributed by atoms with van der Waals surface area (Å²) >= 11 is 0. The van der Waals surface area contributed by atoms with Gasteiger partial charge in [-0.3, -0.25) is 14.4 Å². The molecular weight excluding hydrogens is 348 g/mol. The van der Waals surface area contributed by atoms with Crippen molar-refractivity contribution in [1.82, 2.24) is 0 Å². The topological polar surface area (TPSA) is 78.9 Å². The Bertz CT molecular complexity index is 462. The molecule has 0 aromatic carbocycles. The van der Waals surface area contributed by atoms with Crippen LogP contribution in [-0.4, -0.2) is 36.7 Å². The molecule has 0 saturated carbocycles. The molecular formula is C21H36O6. The van der Waals surface area contributed by atoms with Gasteiger partial charge in [0.1, 0.15) is 18.8 Å². The van der Waals surface area contributed by atoms with E-state index in [9.17, 15) is 14.4 Å². The standard InChI is InChI=1S/C21H36O6/c1-4-5-6-7-8-9-10-11-12-19-13-18(21(24)27-19)14-20(26-17(3)23)15-25-16(2)22/h18-20H,4-15H2,1-3H3/t18-,19+,20-/m1/s1. The molecule has 0 radical (unpaired) electrons. The third kappa shape index (κ3) is 11.0. The van der Waals surface area contributed by atoms with Crippen molar-refractivity contribution >= 4 is 17.9 Å². The molecule has 0 amide bonds. The largest absolute Gasteiger partial charge is 0.462 e. The minimum atomic E-state index is -0.606. The predicted molar refractivity (Wildman–Crippen MR) is 102 cm³/mol. The zero-order chi connectivity index (χ0) is 20.1. The van der Waals surface area contributed by atoms with Gasteiger partial charge in [0.25, 0.3) is 0 Å². The van der Waals surface area contributed by atoms with E-state index in [0.29, 0.717) is 12.8 Å². The summed E-state index contributed by atoms with van der Waals surface area (Å²) in [5.41, 5.74) is 0. The van der Waals surface area contributed by atoms with Crippen LogP contribution in [0.3, 0.4) is 0 Å². The molecule has 1 aliphatic heterocycles. The van der Waals surface area contributed by atoms with Crippen molar-refractivity contribution in [1.29, 1.82) is 0 Å². The first-order valence-corrected chi connectivity index (χ1v) is 10.4. The van der Waals surface area contributed by atoms with Gasteiger partial charge >= 0.3 is 17.9 Å². The van der Waals surface area contributed by atoms with Crippen molar-refractivity contribution in [3.05, 3.63) is 0 Å². The number of carbonyl (C=O) groups excluding carboxylic acids is 3. The van der Waals surface area contributed by atoms with Gasteiger partial charge in [0.2, 0.25) is 0 Å². The van der Waals surface area contributed by atoms with Gasteiger partial charge in [0.05, 0.1) is 5.92 Å². The lowest BCUT2D eigenvalue weighted by atomic mass is 9.95. The summed E-state index contributed by atoms with van der Waals surface area (Å²) in [7, 11) is 0. The molecule has 0 spiro atoms. The third-order valence-corrected chi connectivity index (χ3v) is 4.90. The van der Waals surface area contributed by atoms with E-state index in [1.807, 2.05) is 0 Å². The SMILES string of the molecule is CCCCCCCCCC[C@H]1C[C@H](C[C@H](COC(C)=O)OC(C)=O)C(=O)O1. The van der Waals surface area contributed by atoms with Gasteiger partial charge in [0, 0.05) is 20.3 Å². The second-order valence-electron chi connectivity index (χ2n) is 7.52. The first-order valence-electron chi connectivity index (χ1n) is 10.4. The summed E-state index contributed by atoms with van der Waals surface area (Å²) in [6.07, 6.45) is 11.2. The van der Waals surface area contributed by atoms with Crippen molar-refractivity contribution in [2.75, 3.05) is 6.61 Å². The van der Waals surface area contributed by atoms with E-state index >= 15 is 0 Å². The van der Waals surface area contributed by atoms with Crippen LogP contribution < -0.4 is 0 Å². The number of rotatable bonds is 14. The lowest BCUT2D eigenvalue weighted by molar-refractivity contribution is -0.158. The van der Waals surface area contributed by atoms with Crippen molar-refractivity contribution < 1.29 is 28.6 Å². The summed E-state index contributed by atoms with van der Waals surface area (Å²) in [5.74, 6) is -1.42. The number of hydrogen-bond donors (Lipinski definition) is 0. The lowest BCUT2D eigenvalue weighted by Gasteiger charge is -2.18. The normalized spacial score (nSPS) is 20.2. The van der Waals surface area contributed by atoms with Gasteiger partial charge in [-0.15, -0.1) is 0 Å². The van der Waals surface area contributed by atoms with Crippen molar-refractivity contribution in [2.45, 2.75) is 104 Å². The van der Waals surface area contributed by atoms with Gasteiger partial charge in [-0.2, -0.15) is 0 Å². The molecule has 156 valence electrons. The van der Waals surface area contributed by atoms with E-state index < -0.39 is 18.0 Å². The highest BCUT2D eigenvalue weighted by Gasteiger charge is 2.36. The molecule has 1 heterocycles. The zero-order valence-corrected chi connectivity index (χ0v) is 17.2. The molecule has 1 saturated heterocycles. The lowest BCUT2D eigenvalue weighted by Crippen LogP contribution is -2.27. The average molecular weight is 385 g/mol. The van der Waals surface area contributed by atoms with Crippen molar-refractivity contribution in [2.24, 2.45) is 5.92 Å². The quantitative estimate of drug-likeness (QED) is 0.252.